The molecular formula is C21H16ClF2N5O3. The zero-order valence-electron chi connectivity index (χ0n) is 16.4. The lowest BCUT2D eigenvalue weighted by atomic mass is 10.1. The van der Waals surface area contributed by atoms with Gasteiger partial charge < -0.3 is 15.2 Å². The Balaban J connectivity index is 1.75. The quantitative estimate of drug-likeness (QED) is 0.317. The fraction of sp³-hybridized carbons (Fsp3) is 0.143. The molecule has 8 nitrogen and oxygen atoms in total. The molecule has 0 bridgehead atoms. The number of aromatic amines is 1. The van der Waals surface area contributed by atoms with Crippen LogP contribution in [0.2, 0.25) is 5.02 Å². The van der Waals surface area contributed by atoms with Gasteiger partial charge in [-0.1, -0.05) is 29.8 Å². The minimum absolute atomic E-state index is 0.0336. The largest absolute Gasteiger partial charge is 0.481 e. The van der Waals surface area contributed by atoms with Crippen LogP contribution in [0.5, 0.6) is 11.8 Å². The van der Waals surface area contributed by atoms with Gasteiger partial charge in [-0.05, 0) is 24.6 Å². The third-order valence-electron chi connectivity index (χ3n) is 4.48. The molecule has 0 aliphatic rings. The standard InChI is InChI=1S/C21H16ClF2N5O3/c22-13-5-2-1-4-12(13)18-17-19(25-9-3-6-16(30)31)26-21(27-20(17)29-28-18)32-15-8-7-11(23)10-14(15)24/h1-2,4-5,7-8,10H,3,6,9H2,(H,30,31)(H2,25,26,27,28,29). The maximum atomic E-state index is 14.0. The van der Waals surface area contributed by atoms with E-state index in [0.717, 1.165) is 12.1 Å². The van der Waals surface area contributed by atoms with E-state index in [9.17, 15) is 13.6 Å². The van der Waals surface area contributed by atoms with Crippen LogP contribution in [0.15, 0.2) is 42.5 Å². The highest BCUT2D eigenvalue weighted by Gasteiger charge is 2.19. The Labute approximate surface area is 185 Å². The van der Waals surface area contributed by atoms with Crippen molar-refractivity contribution in [2.45, 2.75) is 12.8 Å². The van der Waals surface area contributed by atoms with Crippen molar-refractivity contribution in [3.8, 4) is 23.0 Å². The number of carbonyl (C=O) groups is 1. The van der Waals surface area contributed by atoms with Crippen LogP contribution in [0.3, 0.4) is 0 Å². The van der Waals surface area contributed by atoms with Gasteiger partial charge in [0.05, 0.1) is 10.4 Å². The predicted octanol–water partition coefficient (Wildman–Crippen LogP) is 5.02. The predicted molar refractivity (Wildman–Crippen MR) is 114 cm³/mol. The number of nitrogens with one attached hydrogen (secondary N) is 2. The summed E-state index contributed by atoms with van der Waals surface area (Å²) >= 11 is 6.32. The fourth-order valence-electron chi connectivity index (χ4n) is 3.03. The van der Waals surface area contributed by atoms with Gasteiger partial charge in [-0.15, -0.1) is 0 Å². The van der Waals surface area contributed by atoms with Gasteiger partial charge in [0.15, 0.2) is 17.2 Å². The van der Waals surface area contributed by atoms with Gasteiger partial charge >= 0.3 is 12.0 Å². The summed E-state index contributed by atoms with van der Waals surface area (Å²) in [5.41, 5.74) is 1.40. The first-order chi connectivity index (χ1) is 15.4. The molecule has 2 aromatic heterocycles. The van der Waals surface area contributed by atoms with E-state index in [4.69, 9.17) is 21.4 Å². The second-order valence-electron chi connectivity index (χ2n) is 6.73. The number of ether oxygens (including phenoxy) is 1. The van der Waals surface area contributed by atoms with E-state index in [2.05, 4.69) is 25.5 Å². The van der Waals surface area contributed by atoms with Gasteiger partial charge in [-0.25, -0.2) is 8.78 Å². The number of benzene rings is 2. The molecule has 0 unspecified atom stereocenters. The number of aliphatic carboxylic acids is 1. The van der Waals surface area contributed by atoms with Crippen molar-refractivity contribution >= 4 is 34.4 Å². The van der Waals surface area contributed by atoms with E-state index in [1.807, 2.05) is 0 Å². The van der Waals surface area contributed by atoms with Gasteiger partial charge in [0.2, 0.25) is 0 Å². The molecule has 2 heterocycles. The summed E-state index contributed by atoms with van der Waals surface area (Å²) in [6, 6.07) is 9.73. The number of H-pyrrole nitrogens is 1. The number of hydrogen-bond donors (Lipinski definition) is 3. The fourth-order valence-corrected chi connectivity index (χ4v) is 3.26. The highest BCUT2D eigenvalue weighted by molar-refractivity contribution is 6.33. The third kappa shape index (κ3) is 4.59. The number of nitrogens with zero attached hydrogens (tertiary/aromatic N) is 3. The number of carboxylic acid groups (broad SMARTS) is 1. The Morgan fingerprint density at radius 2 is 2.00 bits per heavy atom. The average molecular weight is 460 g/mol. The molecule has 0 spiro atoms. The van der Waals surface area contributed by atoms with Crippen molar-refractivity contribution in [2.75, 3.05) is 11.9 Å². The molecule has 0 aliphatic carbocycles. The van der Waals surface area contributed by atoms with Crippen LogP contribution in [0, 0.1) is 11.6 Å². The number of rotatable bonds is 8. The van der Waals surface area contributed by atoms with Crippen molar-refractivity contribution in [2.24, 2.45) is 0 Å². The van der Waals surface area contributed by atoms with Crippen LogP contribution in [0.4, 0.5) is 14.6 Å². The molecule has 3 N–H and O–H groups in total. The van der Waals surface area contributed by atoms with E-state index < -0.39 is 17.6 Å². The van der Waals surface area contributed by atoms with Gasteiger partial charge in [-0.2, -0.15) is 15.1 Å². The van der Waals surface area contributed by atoms with Crippen molar-refractivity contribution in [1.82, 2.24) is 20.2 Å². The highest BCUT2D eigenvalue weighted by atomic mass is 35.5. The van der Waals surface area contributed by atoms with Crippen LogP contribution < -0.4 is 10.1 Å². The Kier molecular flexibility index (Phi) is 6.13. The summed E-state index contributed by atoms with van der Waals surface area (Å²) in [4.78, 5) is 19.4. The van der Waals surface area contributed by atoms with E-state index in [-0.39, 0.29) is 30.4 Å². The third-order valence-corrected chi connectivity index (χ3v) is 4.81. The Morgan fingerprint density at radius 1 is 1.19 bits per heavy atom. The van der Waals surface area contributed by atoms with Crippen LogP contribution >= 0.6 is 11.6 Å². The molecule has 0 amide bonds. The van der Waals surface area contributed by atoms with Crippen LogP contribution in [0.25, 0.3) is 22.3 Å². The van der Waals surface area contributed by atoms with Gasteiger partial charge in [0.1, 0.15) is 17.3 Å². The van der Waals surface area contributed by atoms with E-state index in [1.54, 1.807) is 24.3 Å². The zero-order chi connectivity index (χ0) is 22.7. The molecule has 0 fully saturated rings. The summed E-state index contributed by atoms with van der Waals surface area (Å²) in [5.74, 6) is -2.54. The highest BCUT2D eigenvalue weighted by Crippen LogP contribution is 2.35. The Morgan fingerprint density at radius 3 is 2.75 bits per heavy atom. The maximum absolute atomic E-state index is 14.0. The minimum Gasteiger partial charge on any atom is -0.481 e. The molecule has 4 rings (SSSR count). The number of carboxylic acids is 1. The Bertz CT molecular complexity index is 1300. The first-order valence-corrected chi connectivity index (χ1v) is 9.90. The molecule has 0 saturated carbocycles. The summed E-state index contributed by atoms with van der Waals surface area (Å²) in [6.07, 6.45) is 0.303. The number of halogens is 3. The van der Waals surface area contributed by atoms with Crippen molar-refractivity contribution in [3.63, 3.8) is 0 Å². The van der Waals surface area contributed by atoms with E-state index in [1.165, 1.54) is 0 Å². The van der Waals surface area contributed by atoms with Gasteiger partial charge in [0, 0.05) is 24.6 Å². The lowest BCUT2D eigenvalue weighted by molar-refractivity contribution is -0.137. The van der Waals surface area contributed by atoms with E-state index in [0.29, 0.717) is 40.0 Å². The SMILES string of the molecule is O=C(O)CCCNc1nc(Oc2ccc(F)cc2F)nc2[nH]nc(-c3ccccc3Cl)c12. The van der Waals surface area contributed by atoms with Crippen molar-refractivity contribution in [1.29, 1.82) is 0 Å². The molecule has 0 atom stereocenters. The molecule has 0 radical (unpaired) electrons. The van der Waals surface area contributed by atoms with Crippen LogP contribution in [-0.4, -0.2) is 37.8 Å². The van der Waals surface area contributed by atoms with Crippen molar-refractivity contribution in [3.05, 3.63) is 59.1 Å². The smallest absolute Gasteiger partial charge is 0.326 e. The van der Waals surface area contributed by atoms with Gasteiger partial charge in [0.25, 0.3) is 0 Å². The second-order valence-corrected chi connectivity index (χ2v) is 7.14. The molecule has 11 heteroatoms. The molecular weight excluding hydrogens is 444 g/mol. The molecule has 164 valence electrons. The normalized spacial score (nSPS) is 11.0. The second kappa shape index (κ2) is 9.15. The number of aromatic nitrogens is 4. The summed E-state index contributed by atoms with van der Waals surface area (Å²) < 4.78 is 32.6. The minimum atomic E-state index is -0.921. The topological polar surface area (TPSA) is 113 Å². The molecule has 0 aliphatic heterocycles. The summed E-state index contributed by atoms with van der Waals surface area (Å²) in [5, 5.41) is 20.0. The maximum Gasteiger partial charge on any atom is 0.326 e. The summed E-state index contributed by atoms with van der Waals surface area (Å²) in [6.45, 7) is 0.288. The van der Waals surface area contributed by atoms with Gasteiger partial charge in [-0.3, -0.25) is 9.89 Å². The average Bonchev–Trinajstić information content (AvgIpc) is 3.17. The lowest BCUT2D eigenvalue weighted by Crippen LogP contribution is -2.08. The molecule has 4 aromatic rings. The Hall–Kier alpha value is -3.79. The number of hydrogen-bond acceptors (Lipinski definition) is 6. The lowest BCUT2D eigenvalue weighted by Gasteiger charge is -2.10. The van der Waals surface area contributed by atoms with Crippen molar-refractivity contribution < 1.29 is 23.4 Å². The van der Waals surface area contributed by atoms with E-state index >= 15 is 0 Å². The van der Waals surface area contributed by atoms with Crippen LogP contribution in [-0.2, 0) is 4.79 Å². The molecule has 0 saturated heterocycles. The monoisotopic (exact) mass is 459 g/mol. The number of fused-ring (bicyclic) bond motifs is 1. The van der Waals surface area contributed by atoms with Crippen LogP contribution in [0.1, 0.15) is 12.8 Å². The molecule has 2 aromatic carbocycles. The molecule has 32 heavy (non-hydrogen) atoms. The first kappa shape index (κ1) is 21.4. The number of anilines is 1. The first-order valence-electron chi connectivity index (χ1n) is 9.52. The summed E-state index contributed by atoms with van der Waals surface area (Å²) in [7, 11) is 0. The zero-order valence-corrected chi connectivity index (χ0v) is 17.2.